The number of pyridine rings is 1. The van der Waals surface area contributed by atoms with Crippen molar-refractivity contribution in [2.24, 2.45) is 0 Å². The van der Waals surface area contributed by atoms with Gasteiger partial charge in [0.2, 0.25) is 0 Å². The molecule has 4 rings (SSSR count). The molecule has 146 valence electrons. The Morgan fingerprint density at radius 2 is 1.86 bits per heavy atom. The average Bonchev–Trinajstić information content (AvgIpc) is 3.15. The first-order chi connectivity index (χ1) is 13.9. The lowest BCUT2D eigenvalue weighted by Gasteiger charge is -2.20. The van der Waals surface area contributed by atoms with Crippen LogP contribution in [-0.4, -0.2) is 15.9 Å². The van der Waals surface area contributed by atoms with Gasteiger partial charge in [-0.2, -0.15) is 0 Å². The van der Waals surface area contributed by atoms with Crippen molar-refractivity contribution in [2.45, 2.75) is 13.5 Å². The van der Waals surface area contributed by atoms with E-state index in [0.717, 1.165) is 21.3 Å². The molecule has 2 aromatic carbocycles. The molecule has 8 heteroatoms. The summed E-state index contributed by atoms with van der Waals surface area (Å²) < 4.78 is 0.842. The molecule has 4 nitrogen and oxygen atoms in total. The fourth-order valence-corrected chi connectivity index (χ4v) is 4.78. The Balaban J connectivity index is 1.83. The van der Waals surface area contributed by atoms with Gasteiger partial charge in [-0.25, -0.2) is 4.98 Å². The number of hydrogen-bond donors (Lipinski definition) is 0. The molecule has 0 bridgehead atoms. The van der Waals surface area contributed by atoms with Crippen LogP contribution in [0.15, 0.2) is 54.9 Å². The minimum Gasteiger partial charge on any atom is -0.279 e. The smallest absolute Gasteiger partial charge is 0.260 e. The monoisotopic (exact) mass is 461 g/mol. The standard InChI is InChI=1S/C21H14Cl3N3OS/c1-12-4-5-17(24)19-18(12)26-21(29-19)27(11-13-3-2-6-25-10-13)20(28)14-7-15(22)9-16(23)8-14/h2-10H,11H2,1H3. The molecule has 2 heterocycles. The molecule has 0 aliphatic carbocycles. The maximum Gasteiger partial charge on any atom is 0.260 e. The quantitative estimate of drug-likeness (QED) is 0.335. The van der Waals surface area contributed by atoms with Crippen molar-refractivity contribution in [2.75, 3.05) is 4.90 Å². The molecule has 0 saturated heterocycles. The van der Waals surface area contributed by atoms with Gasteiger partial charge in [0.1, 0.15) is 0 Å². The second kappa shape index (κ2) is 8.28. The van der Waals surface area contributed by atoms with Gasteiger partial charge in [-0.3, -0.25) is 14.7 Å². The zero-order chi connectivity index (χ0) is 20.5. The Bertz CT molecular complexity index is 1150. The van der Waals surface area contributed by atoms with Gasteiger partial charge in [-0.15, -0.1) is 0 Å². The highest BCUT2D eigenvalue weighted by Gasteiger charge is 2.23. The molecule has 0 atom stereocenters. The van der Waals surface area contributed by atoms with Crippen molar-refractivity contribution in [1.82, 2.24) is 9.97 Å². The number of thiazole rings is 1. The number of carbonyl (C=O) groups is 1. The van der Waals surface area contributed by atoms with Crippen LogP contribution < -0.4 is 4.90 Å². The van der Waals surface area contributed by atoms with Gasteiger partial charge in [0, 0.05) is 28.0 Å². The Hall–Kier alpha value is -2.18. The van der Waals surface area contributed by atoms with E-state index in [1.54, 1.807) is 35.5 Å². The molecule has 0 spiro atoms. The van der Waals surface area contributed by atoms with Crippen LogP contribution in [0.4, 0.5) is 5.13 Å². The van der Waals surface area contributed by atoms with Crippen molar-refractivity contribution in [3.8, 4) is 0 Å². The second-order valence-electron chi connectivity index (χ2n) is 6.45. The zero-order valence-electron chi connectivity index (χ0n) is 15.2. The number of aromatic nitrogens is 2. The highest BCUT2D eigenvalue weighted by atomic mass is 35.5. The summed E-state index contributed by atoms with van der Waals surface area (Å²) in [6.07, 6.45) is 3.41. The number of fused-ring (bicyclic) bond motifs is 1. The molecule has 4 aromatic rings. The van der Waals surface area contributed by atoms with Gasteiger partial charge in [0.05, 0.1) is 21.8 Å². The van der Waals surface area contributed by atoms with Crippen molar-refractivity contribution < 1.29 is 4.79 Å². The molecule has 0 aliphatic rings. The predicted octanol–water partition coefficient (Wildman–Crippen LogP) is 6.81. The largest absolute Gasteiger partial charge is 0.279 e. The van der Waals surface area contributed by atoms with Crippen LogP contribution in [-0.2, 0) is 6.54 Å². The summed E-state index contributed by atoms with van der Waals surface area (Å²) in [7, 11) is 0. The van der Waals surface area contributed by atoms with E-state index in [4.69, 9.17) is 39.8 Å². The van der Waals surface area contributed by atoms with Crippen molar-refractivity contribution in [1.29, 1.82) is 0 Å². The van der Waals surface area contributed by atoms with Gasteiger partial charge in [-0.1, -0.05) is 58.3 Å². The average molecular weight is 463 g/mol. The summed E-state index contributed by atoms with van der Waals surface area (Å²) in [6, 6.07) is 12.3. The number of rotatable bonds is 4. The van der Waals surface area contributed by atoms with E-state index in [2.05, 4.69) is 4.98 Å². The molecule has 0 fully saturated rings. The third-order valence-electron chi connectivity index (χ3n) is 4.34. The Morgan fingerprint density at radius 1 is 1.10 bits per heavy atom. The minimum absolute atomic E-state index is 0.258. The number of aryl methyl sites for hydroxylation is 1. The first-order valence-corrected chi connectivity index (χ1v) is 10.6. The van der Waals surface area contributed by atoms with Gasteiger partial charge in [-0.05, 0) is 48.4 Å². The van der Waals surface area contributed by atoms with Gasteiger partial charge in [0.25, 0.3) is 5.91 Å². The lowest BCUT2D eigenvalue weighted by atomic mass is 10.2. The van der Waals surface area contributed by atoms with Crippen LogP contribution in [0.1, 0.15) is 21.5 Å². The van der Waals surface area contributed by atoms with Crippen molar-refractivity contribution >= 4 is 67.4 Å². The fraction of sp³-hybridized carbons (Fsp3) is 0.0952. The van der Waals surface area contributed by atoms with E-state index in [1.165, 1.54) is 11.3 Å². The van der Waals surface area contributed by atoms with Crippen LogP contribution in [0.2, 0.25) is 15.1 Å². The lowest BCUT2D eigenvalue weighted by molar-refractivity contribution is 0.0985. The summed E-state index contributed by atoms with van der Waals surface area (Å²) in [5, 5.41) is 1.94. The summed E-state index contributed by atoms with van der Waals surface area (Å²) >= 11 is 20.0. The Kier molecular flexibility index (Phi) is 5.74. The van der Waals surface area contributed by atoms with Crippen LogP contribution >= 0.6 is 46.1 Å². The molecular formula is C21H14Cl3N3OS. The summed E-state index contributed by atoms with van der Waals surface area (Å²) in [4.78, 5) is 23.9. The first-order valence-electron chi connectivity index (χ1n) is 8.65. The highest BCUT2D eigenvalue weighted by molar-refractivity contribution is 7.23. The lowest BCUT2D eigenvalue weighted by Crippen LogP contribution is -2.30. The van der Waals surface area contributed by atoms with Crippen LogP contribution in [0, 0.1) is 6.92 Å². The molecule has 1 amide bonds. The molecule has 0 aliphatic heterocycles. The highest BCUT2D eigenvalue weighted by Crippen LogP contribution is 2.37. The second-order valence-corrected chi connectivity index (χ2v) is 8.71. The number of anilines is 1. The maximum absolute atomic E-state index is 13.4. The summed E-state index contributed by atoms with van der Waals surface area (Å²) in [6.45, 7) is 2.26. The zero-order valence-corrected chi connectivity index (χ0v) is 18.3. The normalized spacial score (nSPS) is 11.0. The van der Waals surface area contributed by atoms with Crippen LogP contribution in [0.3, 0.4) is 0 Å². The molecule has 0 N–H and O–H groups in total. The molecule has 2 aromatic heterocycles. The van der Waals surface area contributed by atoms with E-state index in [9.17, 15) is 4.79 Å². The van der Waals surface area contributed by atoms with E-state index >= 15 is 0 Å². The Labute approximate surface area is 186 Å². The van der Waals surface area contributed by atoms with Crippen LogP contribution in [0.25, 0.3) is 10.2 Å². The van der Waals surface area contributed by atoms with E-state index in [0.29, 0.717) is 32.3 Å². The molecule has 0 unspecified atom stereocenters. The molecule has 29 heavy (non-hydrogen) atoms. The van der Waals surface area contributed by atoms with Gasteiger partial charge in [0.15, 0.2) is 5.13 Å². The van der Waals surface area contributed by atoms with Gasteiger partial charge >= 0.3 is 0 Å². The van der Waals surface area contributed by atoms with Crippen molar-refractivity contribution in [3.05, 3.63) is 86.6 Å². The topological polar surface area (TPSA) is 46.1 Å². The molecule has 0 radical (unpaired) electrons. The number of hydrogen-bond acceptors (Lipinski definition) is 4. The van der Waals surface area contributed by atoms with Crippen LogP contribution in [0.5, 0.6) is 0 Å². The maximum atomic E-state index is 13.4. The SMILES string of the molecule is Cc1ccc(Cl)c2sc(N(Cc3cccnc3)C(=O)c3cc(Cl)cc(Cl)c3)nc12. The molecular weight excluding hydrogens is 449 g/mol. The molecule has 0 saturated carbocycles. The fourth-order valence-electron chi connectivity index (χ4n) is 2.94. The summed E-state index contributed by atoms with van der Waals surface area (Å²) in [5.41, 5.74) is 3.03. The number of amides is 1. The van der Waals surface area contributed by atoms with E-state index < -0.39 is 0 Å². The van der Waals surface area contributed by atoms with E-state index in [1.807, 2.05) is 31.2 Å². The number of halogens is 3. The number of benzene rings is 2. The summed E-state index contributed by atoms with van der Waals surface area (Å²) in [5.74, 6) is -0.258. The van der Waals surface area contributed by atoms with Crippen molar-refractivity contribution in [3.63, 3.8) is 0 Å². The Morgan fingerprint density at radius 3 is 2.52 bits per heavy atom. The first kappa shape index (κ1) is 20.1. The minimum atomic E-state index is -0.258. The van der Waals surface area contributed by atoms with Gasteiger partial charge < -0.3 is 0 Å². The number of carbonyl (C=O) groups excluding carboxylic acids is 1. The third kappa shape index (κ3) is 4.23. The van der Waals surface area contributed by atoms with E-state index in [-0.39, 0.29) is 5.91 Å². The number of nitrogens with zero attached hydrogens (tertiary/aromatic N) is 3. The third-order valence-corrected chi connectivity index (χ3v) is 6.31. The predicted molar refractivity (Wildman–Crippen MR) is 121 cm³/mol.